The number of amides is 2. The van der Waals surface area contributed by atoms with E-state index in [0.717, 1.165) is 16.6 Å². The molecule has 0 spiro atoms. The third kappa shape index (κ3) is 7.21. The van der Waals surface area contributed by atoms with Gasteiger partial charge >= 0.3 is 12.0 Å². The van der Waals surface area contributed by atoms with Crippen molar-refractivity contribution in [3.8, 4) is 5.75 Å². The Morgan fingerprint density at radius 1 is 1.24 bits per heavy atom. The molecule has 162 valence electrons. The molecule has 0 atom stereocenters. The van der Waals surface area contributed by atoms with E-state index in [1.807, 2.05) is 13.0 Å². The number of halogens is 1. The van der Waals surface area contributed by atoms with Crippen LogP contribution in [-0.2, 0) is 14.9 Å². The lowest BCUT2D eigenvalue weighted by atomic mass is 9.87. The van der Waals surface area contributed by atoms with Gasteiger partial charge < -0.3 is 19.7 Å². The lowest BCUT2D eigenvalue weighted by Gasteiger charge is -2.30. The Balaban J connectivity index is 1.66. The molecule has 0 aromatic heterocycles. The highest BCUT2D eigenvalue weighted by atomic mass is 79.9. The number of nitrogens with one attached hydrogen (secondary N) is 1. The van der Waals surface area contributed by atoms with Crippen LogP contribution in [0, 0.1) is 5.92 Å². The number of benzene rings is 1. The van der Waals surface area contributed by atoms with Crippen molar-refractivity contribution in [1.29, 1.82) is 0 Å². The molecule has 1 saturated heterocycles. The average Bonchev–Trinajstić information content (AvgIpc) is 2.68. The van der Waals surface area contributed by atoms with Crippen molar-refractivity contribution < 1.29 is 19.1 Å². The Bertz CT molecular complexity index is 695. The largest absolute Gasteiger partial charge is 0.492 e. The summed E-state index contributed by atoms with van der Waals surface area (Å²) in [5.41, 5.74) is 1.34. The van der Waals surface area contributed by atoms with Gasteiger partial charge in [-0.25, -0.2) is 4.79 Å². The number of hydrogen-bond donors (Lipinski definition) is 1. The second-order valence-corrected chi connectivity index (χ2v) is 9.20. The van der Waals surface area contributed by atoms with Crippen molar-refractivity contribution in [1.82, 2.24) is 10.2 Å². The number of nitrogens with zero attached hydrogens (tertiary/aromatic N) is 1. The average molecular weight is 469 g/mol. The fourth-order valence-electron chi connectivity index (χ4n) is 3.22. The molecular weight excluding hydrogens is 436 g/mol. The van der Waals surface area contributed by atoms with Crippen molar-refractivity contribution in [2.45, 2.75) is 52.4 Å². The smallest absolute Gasteiger partial charge is 0.317 e. The molecule has 1 fully saturated rings. The standard InChI is InChI=1S/C22H33BrN2O4/c1-5-28-20(26)16-9-12-25(13-10-16)21(27)24-11-6-14-29-19-8-7-17(15-18(19)23)22(2,3)4/h7-8,15-16H,5-6,9-14H2,1-4H3,(H,24,27). The maximum atomic E-state index is 12.3. The first-order valence-corrected chi connectivity index (χ1v) is 11.1. The van der Waals surface area contributed by atoms with Gasteiger partial charge in [-0.2, -0.15) is 0 Å². The summed E-state index contributed by atoms with van der Waals surface area (Å²) in [5, 5.41) is 2.93. The molecule has 29 heavy (non-hydrogen) atoms. The molecule has 1 aromatic carbocycles. The van der Waals surface area contributed by atoms with E-state index >= 15 is 0 Å². The minimum atomic E-state index is -0.147. The van der Waals surface area contributed by atoms with Crippen LogP contribution in [0.25, 0.3) is 0 Å². The van der Waals surface area contributed by atoms with Gasteiger partial charge in [0.1, 0.15) is 5.75 Å². The fraction of sp³-hybridized carbons (Fsp3) is 0.636. The number of carbonyl (C=O) groups excluding carboxylic acids is 2. The van der Waals surface area contributed by atoms with Gasteiger partial charge in [0.2, 0.25) is 0 Å². The number of hydrogen-bond acceptors (Lipinski definition) is 4. The summed E-state index contributed by atoms with van der Waals surface area (Å²) in [5.74, 6) is 0.576. The Hall–Kier alpha value is -1.76. The Labute approximate surface area is 182 Å². The van der Waals surface area contributed by atoms with Gasteiger partial charge in [0.05, 0.1) is 23.6 Å². The van der Waals surface area contributed by atoms with Crippen LogP contribution in [0.2, 0.25) is 0 Å². The van der Waals surface area contributed by atoms with Gasteiger partial charge in [0.15, 0.2) is 0 Å². The first kappa shape index (κ1) is 23.5. The minimum Gasteiger partial charge on any atom is -0.492 e. The summed E-state index contributed by atoms with van der Waals surface area (Å²) in [6.07, 6.45) is 2.04. The van der Waals surface area contributed by atoms with Crippen molar-refractivity contribution in [3.05, 3.63) is 28.2 Å². The molecule has 1 aliphatic rings. The topological polar surface area (TPSA) is 67.9 Å². The normalized spacial score (nSPS) is 15.1. The van der Waals surface area contributed by atoms with Crippen LogP contribution in [0.1, 0.15) is 52.5 Å². The van der Waals surface area contributed by atoms with Gasteiger partial charge in [0.25, 0.3) is 0 Å². The van der Waals surface area contributed by atoms with E-state index in [0.29, 0.717) is 45.7 Å². The van der Waals surface area contributed by atoms with Gasteiger partial charge in [-0.05, 0) is 65.2 Å². The number of urea groups is 1. The molecule has 0 bridgehead atoms. The van der Waals surface area contributed by atoms with Crippen molar-refractivity contribution in [3.63, 3.8) is 0 Å². The summed E-state index contributed by atoms with van der Waals surface area (Å²) in [6.45, 7) is 11.0. The van der Waals surface area contributed by atoms with E-state index in [4.69, 9.17) is 9.47 Å². The quantitative estimate of drug-likeness (QED) is 0.472. The zero-order chi connectivity index (χ0) is 21.4. The Kier molecular flexibility index (Phi) is 8.80. The fourth-order valence-corrected chi connectivity index (χ4v) is 3.72. The highest BCUT2D eigenvalue weighted by molar-refractivity contribution is 9.10. The van der Waals surface area contributed by atoms with Crippen LogP contribution in [0.3, 0.4) is 0 Å². The molecule has 0 aliphatic carbocycles. The minimum absolute atomic E-state index is 0.0805. The maximum Gasteiger partial charge on any atom is 0.317 e. The summed E-state index contributed by atoms with van der Waals surface area (Å²) < 4.78 is 11.8. The van der Waals surface area contributed by atoms with E-state index in [1.165, 1.54) is 5.56 Å². The summed E-state index contributed by atoms with van der Waals surface area (Å²) in [4.78, 5) is 25.8. The predicted molar refractivity (Wildman–Crippen MR) is 117 cm³/mol. The first-order chi connectivity index (χ1) is 13.7. The van der Waals surface area contributed by atoms with Crippen molar-refractivity contribution >= 4 is 27.9 Å². The number of rotatable bonds is 7. The molecule has 6 nitrogen and oxygen atoms in total. The molecule has 1 aromatic rings. The molecule has 0 unspecified atom stereocenters. The number of likely N-dealkylation sites (tertiary alicyclic amines) is 1. The molecule has 7 heteroatoms. The Morgan fingerprint density at radius 3 is 2.52 bits per heavy atom. The molecule has 2 rings (SSSR count). The molecule has 0 radical (unpaired) electrons. The van der Waals surface area contributed by atoms with Gasteiger partial charge in [-0.3, -0.25) is 4.79 Å². The van der Waals surface area contributed by atoms with E-state index in [2.05, 4.69) is 54.2 Å². The summed E-state index contributed by atoms with van der Waals surface area (Å²) in [7, 11) is 0. The molecular formula is C22H33BrN2O4. The lowest BCUT2D eigenvalue weighted by molar-refractivity contribution is -0.149. The van der Waals surface area contributed by atoms with Gasteiger partial charge in [-0.15, -0.1) is 0 Å². The number of esters is 1. The molecule has 1 aliphatic heterocycles. The summed E-state index contributed by atoms with van der Waals surface area (Å²) in [6, 6.07) is 6.08. The second kappa shape index (κ2) is 10.9. The van der Waals surface area contributed by atoms with E-state index < -0.39 is 0 Å². The predicted octanol–water partition coefficient (Wildman–Crippen LogP) is 4.50. The molecule has 1 heterocycles. The number of carbonyl (C=O) groups is 2. The highest BCUT2D eigenvalue weighted by Gasteiger charge is 2.28. The molecule has 2 amide bonds. The van der Waals surface area contributed by atoms with E-state index in [9.17, 15) is 9.59 Å². The van der Waals surface area contributed by atoms with Crippen molar-refractivity contribution in [2.75, 3.05) is 32.8 Å². The first-order valence-electron chi connectivity index (χ1n) is 10.3. The maximum absolute atomic E-state index is 12.3. The molecule has 1 N–H and O–H groups in total. The molecule has 0 saturated carbocycles. The van der Waals surface area contributed by atoms with Crippen LogP contribution in [-0.4, -0.2) is 49.7 Å². The lowest BCUT2D eigenvalue weighted by Crippen LogP contribution is -2.46. The van der Waals surface area contributed by atoms with E-state index in [-0.39, 0.29) is 23.3 Å². The highest BCUT2D eigenvalue weighted by Crippen LogP contribution is 2.31. The monoisotopic (exact) mass is 468 g/mol. The van der Waals surface area contributed by atoms with Gasteiger partial charge in [0, 0.05) is 19.6 Å². The Morgan fingerprint density at radius 2 is 1.93 bits per heavy atom. The van der Waals surface area contributed by atoms with Crippen LogP contribution < -0.4 is 10.1 Å². The number of piperidine rings is 1. The van der Waals surface area contributed by atoms with Crippen LogP contribution in [0.5, 0.6) is 5.75 Å². The van der Waals surface area contributed by atoms with Crippen LogP contribution >= 0.6 is 15.9 Å². The van der Waals surface area contributed by atoms with E-state index in [1.54, 1.807) is 4.90 Å². The third-order valence-electron chi connectivity index (χ3n) is 5.05. The van der Waals surface area contributed by atoms with Crippen molar-refractivity contribution in [2.24, 2.45) is 5.92 Å². The van der Waals surface area contributed by atoms with Crippen LogP contribution in [0.15, 0.2) is 22.7 Å². The third-order valence-corrected chi connectivity index (χ3v) is 5.67. The SMILES string of the molecule is CCOC(=O)C1CCN(C(=O)NCCCOc2ccc(C(C)(C)C)cc2Br)CC1. The zero-order valence-electron chi connectivity index (χ0n) is 17.9. The zero-order valence-corrected chi connectivity index (χ0v) is 19.5. The number of ether oxygens (including phenoxy) is 2. The second-order valence-electron chi connectivity index (χ2n) is 8.34. The summed E-state index contributed by atoms with van der Waals surface area (Å²) >= 11 is 3.57. The van der Waals surface area contributed by atoms with Crippen LogP contribution in [0.4, 0.5) is 4.79 Å². The van der Waals surface area contributed by atoms with Gasteiger partial charge in [-0.1, -0.05) is 26.8 Å².